The van der Waals surface area contributed by atoms with Crippen LogP contribution in [0.4, 0.5) is 0 Å². The van der Waals surface area contributed by atoms with Crippen LogP contribution in [0.3, 0.4) is 0 Å². The number of fused-ring (bicyclic) bond motifs is 1. The number of hydrogen-bond acceptors (Lipinski definition) is 5. The Morgan fingerprint density at radius 2 is 1.74 bits per heavy atom. The van der Waals surface area contributed by atoms with E-state index in [0.717, 1.165) is 5.69 Å². The van der Waals surface area contributed by atoms with Gasteiger partial charge in [0.1, 0.15) is 11.1 Å². The molecule has 7 heteroatoms. The lowest BCUT2D eigenvalue weighted by Gasteiger charge is -2.10. The van der Waals surface area contributed by atoms with Crippen LogP contribution in [0.15, 0.2) is 86.9 Å². The molecule has 5 rings (SSSR count). The van der Waals surface area contributed by atoms with E-state index in [-0.39, 0.29) is 12.1 Å². The van der Waals surface area contributed by atoms with E-state index < -0.39 is 0 Å². The number of para-hydroxylation sites is 1. The maximum atomic E-state index is 13.2. The molecule has 0 N–H and O–H groups in total. The smallest absolute Gasteiger partial charge is 0.265 e. The van der Waals surface area contributed by atoms with Gasteiger partial charge in [-0.1, -0.05) is 18.2 Å². The van der Waals surface area contributed by atoms with Crippen molar-refractivity contribution in [1.29, 1.82) is 0 Å². The highest BCUT2D eigenvalue weighted by atomic mass is 16.3. The van der Waals surface area contributed by atoms with Crippen LogP contribution in [0.5, 0.6) is 0 Å². The first-order valence-corrected chi connectivity index (χ1v) is 8.41. The molecular formula is C20H14N4O3. The van der Waals surface area contributed by atoms with Crippen LogP contribution in [0.25, 0.3) is 28.3 Å². The minimum absolute atomic E-state index is 0.204. The van der Waals surface area contributed by atoms with E-state index in [1.54, 1.807) is 41.6 Å². The molecule has 0 spiro atoms. The molecule has 4 aromatic heterocycles. The second-order valence-electron chi connectivity index (χ2n) is 6.01. The second kappa shape index (κ2) is 6.14. The minimum atomic E-state index is -0.204. The second-order valence-corrected chi connectivity index (χ2v) is 6.01. The van der Waals surface area contributed by atoms with Crippen molar-refractivity contribution in [2.75, 3.05) is 0 Å². The Morgan fingerprint density at radius 1 is 0.926 bits per heavy atom. The summed E-state index contributed by atoms with van der Waals surface area (Å²) in [6.45, 7) is 0.251. The van der Waals surface area contributed by atoms with Crippen molar-refractivity contribution < 1.29 is 8.83 Å². The van der Waals surface area contributed by atoms with E-state index in [1.165, 1.54) is 4.57 Å². The van der Waals surface area contributed by atoms with Crippen molar-refractivity contribution in [3.8, 4) is 17.3 Å². The highest BCUT2D eigenvalue weighted by Crippen LogP contribution is 2.22. The first-order chi connectivity index (χ1) is 13.3. The summed E-state index contributed by atoms with van der Waals surface area (Å²) in [5, 5.41) is 4.80. The lowest BCUT2D eigenvalue weighted by Crippen LogP contribution is -2.24. The minimum Gasteiger partial charge on any atom is -0.467 e. The van der Waals surface area contributed by atoms with Crippen LogP contribution in [-0.2, 0) is 6.54 Å². The SMILES string of the molecule is O=c1c2cnn(-c3ccccc3)c2nc(-c2ccco2)n1Cc1ccco1. The van der Waals surface area contributed by atoms with Gasteiger partial charge < -0.3 is 8.83 Å². The highest BCUT2D eigenvalue weighted by Gasteiger charge is 2.19. The number of furan rings is 2. The zero-order valence-corrected chi connectivity index (χ0v) is 14.1. The molecule has 0 bridgehead atoms. The molecule has 27 heavy (non-hydrogen) atoms. The molecule has 0 fully saturated rings. The molecule has 0 aliphatic rings. The zero-order chi connectivity index (χ0) is 18.2. The molecule has 5 aromatic rings. The lowest BCUT2D eigenvalue weighted by atomic mass is 10.3. The zero-order valence-electron chi connectivity index (χ0n) is 14.1. The Hall–Kier alpha value is -3.87. The van der Waals surface area contributed by atoms with Crippen molar-refractivity contribution >= 4 is 11.0 Å². The van der Waals surface area contributed by atoms with Gasteiger partial charge in [0, 0.05) is 0 Å². The Bertz CT molecular complexity index is 1250. The topological polar surface area (TPSA) is 79.0 Å². The van der Waals surface area contributed by atoms with E-state index in [9.17, 15) is 4.79 Å². The van der Waals surface area contributed by atoms with Crippen molar-refractivity contribution in [3.05, 3.63) is 89.4 Å². The largest absolute Gasteiger partial charge is 0.467 e. The summed E-state index contributed by atoms with van der Waals surface area (Å²) in [4.78, 5) is 17.9. The normalized spacial score (nSPS) is 11.3. The van der Waals surface area contributed by atoms with Gasteiger partial charge in [0.15, 0.2) is 17.2 Å². The Labute approximate surface area is 153 Å². The molecule has 0 amide bonds. The van der Waals surface area contributed by atoms with Gasteiger partial charge in [-0.25, -0.2) is 9.67 Å². The van der Waals surface area contributed by atoms with E-state index >= 15 is 0 Å². The first kappa shape index (κ1) is 15.4. The van der Waals surface area contributed by atoms with Crippen molar-refractivity contribution in [3.63, 3.8) is 0 Å². The fourth-order valence-corrected chi connectivity index (χ4v) is 3.06. The fourth-order valence-electron chi connectivity index (χ4n) is 3.06. The van der Waals surface area contributed by atoms with Crippen LogP contribution in [0.2, 0.25) is 0 Å². The average Bonchev–Trinajstić information content (AvgIpc) is 3.46. The highest BCUT2D eigenvalue weighted by molar-refractivity contribution is 5.77. The van der Waals surface area contributed by atoms with E-state index in [0.29, 0.717) is 28.4 Å². The predicted molar refractivity (Wildman–Crippen MR) is 98.6 cm³/mol. The third-order valence-electron chi connectivity index (χ3n) is 4.32. The number of rotatable bonds is 4. The molecule has 4 heterocycles. The lowest BCUT2D eigenvalue weighted by molar-refractivity contribution is 0.487. The maximum Gasteiger partial charge on any atom is 0.265 e. The number of nitrogens with zero attached hydrogens (tertiary/aromatic N) is 4. The number of hydrogen-bond donors (Lipinski definition) is 0. The Kier molecular flexibility index (Phi) is 3.50. The molecule has 0 aliphatic carbocycles. The summed E-state index contributed by atoms with van der Waals surface area (Å²) in [6, 6.07) is 16.7. The van der Waals surface area contributed by atoms with Gasteiger partial charge in [0.2, 0.25) is 0 Å². The average molecular weight is 358 g/mol. The van der Waals surface area contributed by atoms with Crippen molar-refractivity contribution in [2.24, 2.45) is 0 Å². The summed E-state index contributed by atoms with van der Waals surface area (Å²) in [7, 11) is 0. The van der Waals surface area contributed by atoms with Crippen LogP contribution in [0.1, 0.15) is 5.76 Å². The van der Waals surface area contributed by atoms with Crippen molar-refractivity contribution in [2.45, 2.75) is 6.54 Å². The summed E-state index contributed by atoms with van der Waals surface area (Å²) in [5.41, 5.74) is 1.10. The van der Waals surface area contributed by atoms with Gasteiger partial charge in [0.25, 0.3) is 5.56 Å². The standard InChI is InChI=1S/C20H14N4O3/c25-20-16-12-21-24(14-6-2-1-3-7-14)18(16)22-19(17-9-5-11-27-17)23(20)13-15-8-4-10-26-15/h1-12H,13H2. The third kappa shape index (κ3) is 2.56. The van der Waals surface area contributed by atoms with Gasteiger partial charge in [0.05, 0.1) is 31.0 Å². The summed E-state index contributed by atoms with van der Waals surface area (Å²) >= 11 is 0. The fraction of sp³-hybridized carbons (Fsp3) is 0.0500. The van der Waals surface area contributed by atoms with Crippen LogP contribution in [-0.4, -0.2) is 19.3 Å². The molecule has 0 saturated heterocycles. The Balaban J connectivity index is 1.78. The van der Waals surface area contributed by atoms with Crippen LogP contribution >= 0.6 is 0 Å². The summed E-state index contributed by atoms with van der Waals surface area (Å²) < 4.78 is 14.1. The molecule has 0 saturated carbocycles. The maximum absolute atomic E-state index is 13.2. The predicted octanol–water partition coefficient (Wildman–Crippen LogP) is 3.48. The third-order valence-corrected chi connectivity index (χ3v) is 4.32. The molecule has 1 aromatic carbocycles. The molecule has 7 nitrogen and oxygen atoms in total. The van der Waals surface area contributed by atoms with Crippen LogP contribution in [0, 0.1) is 0 Å². The van der Waals surface area contributed by atoms with Crippen molar-refractivity contribution in [1.82, 2.24) is 19.3 Å². The van der Waals surface area contributed by atoms with Gasteiger partial charge in [-0.05, 0) is 36.4 Å². The monoisotopic (exact) mass is 358 g/mol. The first-order valence-electron chi connectivity index (χ1n) is 8.41. The van der Waals surface area contributed by atoms with Gasteiger partial charge in [-0.2, -0.15) is 5.10 Å². The molecule has 132 valence electrons. The van der Waals surface area contributed by atoms with Crippen LogP contribution < -0.4 is 5.56 Å². The van der Waals surface area contributed by atoms with E-state index in [2.05, 4.69) is 5.10 Å². The van der Waals surface area contributed by atoms with E-state index in [4.69, 9.17) is 13.8 Å². The molecule has 0 atom stereocenters. The molecule has 0 radical (unpaired) electrons. The molecule has 0 unspecified atom stereocenters. The molecule has 0 aliphatic heterocycles. The van der Waals surface area contributed by atoms with Gasteiger partial charge in [-0.15, -0.1) is 0 Å². The van der Waals surface area contributed by atoms with E-state index in [1.807, 2.05) is 36.4 Å². The van der Waals surface area contributed by atoms with Gasteiger partial charge in [-0.3, -0.25) is 9.36 Å². The number of benzene rings is 1. The molecular weight excluding hydrogens is 344 g/mol. The summed E-state index contributed by atoms with van der Waals surface area (Å²) in [5.74, 6) is 1.58. The van der Waals surface area contributed by atoms with Gasteiger partial charge >= 0.3 is 0 Å². The summed E-state index contributed by atoms with van der Waals surface area (Å²) in [6.07, 6.45) is 4.67. The quantitative estimate of drug-likeness (QED) is 0.491. The Morgan fingerprint density at radius 3 is 2.48 bits per heavy atom. The number of aromatic nitrogens is 4.